The summed E-state index contributed by atoms with van der Waals surface area (Å²) in [6, 6.07) is 5.85. The second-order valence-corrected chi connectivity index (χ2v) is 3.26. The van der Waals surface area contributed by atoms with Crippen molar-refractivity contribution in [2.45, 2.75) is 32.6 Å². The molecule has 0 N–H and O–H groups in total. The molecular formula is C11H16N2O. The van der Waals surface area contributed by atoms with Gasteiger partial charge in [0.15, 0.2) is 5.69 Å². The average molecular weight is 192 g/mol. The number of hydrogen-bond donors (Lipinski definition) is 0. The van der Waals surface area contributed by atoms with E-state index in [1.54, 1.807) is 17.9 Å². The Morgan fingerprint density at radius 2 is 2.21 bits per heavy atom. The van der Waals surface area contributed by atoms with Crippen LogP contribution < -0.4 is 4.84 Å². The van der Waals surface area contributed by atoms with E-state index in [-0.39, 0.29) is 0 Å². The molecule has 1 aromatic rings. The molecule has 0 aliphatic heterocycles. The van der Waals surface area contributed by atoms with Gasteiger partial charge in [0.25, 0.3) is 0 Å². The second kappa shape index (κ2) is 5.33. The summed E-state index contributed by atoms with van der Waals surface area (Å²) in [6.07, 6.45) is 4.55. The van der Waals surface area contributed by atoms with Crippen molar-refractivity contribution in [1.82, 2.24) is 4.73 Å². The Labute approximate surface area is 84.9 Å². The van der Waals surface area contributed by atoms with Crippen molar-refractivity contribution in [2.24, 2.45) is 0 Å². The standard InChI is InChI=1S/C11H16N2O/c1-3-4-5-6-10-7-8-11(9-12)13(10)14-2/h7-8H,3-6H2,1-2H3. The maximum Gasteiger partial charge on any atom is 0.157 e. The van der Waals surface area contributed by atoms with E-state index in [9.17, 15) is 0 Å². The highest BCUT2D eigenvalue weighted by Gasteiger charge is 2.06. The zero-order chi connectivity index (χ0) is 10.4. The van der Waals surface area contributed by atoms with Gasteiger partial charge < -0.3 is 4.84 Å². The van der Waals surface area contributed by atoms with Crippen LogP contribution in [-0.2, 0) is 6.42 Å². The van der Waals surface area contributed by atoms with Gasteiger partial charge in [-0.1, -0.05) is 19.8 Å². The van der Waals surface area contributed by atoms with Crippen LogP contribution in [0.3, 0.4) is 0 Å². The molecule has 76 valence electrons. The van der Waals surface area contributed by atoms with Crippen LogP contribution in [0.25, 0.3) is 0 Å². The molecule has 1 aromatic heterocycles. The van der Waals surface area contributed by atoms with E-state index in [1.807, 2.05) is 6.07 Å². The predicted octanol–water partition coefficient (Wildman–Crippen LogP) is 2.15. The lowest BCUT2D eigenvalue weighted by Crippen LogP contribution is -2.11. The lowest BCUT2D eigenvalue weighted by atomic mass is 10.2. The molecule has 0 amide bonds. The molecule has 0 aromatic carbocycles. The van der Waals surface area contributed by atoms with E-state index in [1.165, 1.54) is 12.8 Å². The van der Waals surface area contributed by atoms with Crippen molar-refractivity contribution >= 4 is 0 Å². The molecule has 0 spiro atoms. The number of nitrogens with zero attached hydrogens (tertiary/aromatic N) is 2. The van der Waals surface area contributed by atoms with Crippen molar-refractivity contribution in [1.29, 1.82) is 5.26 Å². The van der Waals surface area contributed by atoms with Gasteiger partial charge in [0, 0.05) is 0 Å². The maximum atomic E-state index is 8.78. The molecule has 0 saturated heterocycles. The smallest absolute Gasteiger partial charge is 0.157 e. The van der Waals surface area contributed by atoms with Gasteiger partial charge in [-0.2, -0.15) is 9.99 Å². The van der Waals surface area contributed by atoms with Crippen molar-refractivity contribution in [3.8, 4) is 6.07 Å². The van der Waals surface area contributed by atoms with Gasteiger partial charge in [-0.3, -0.25) is 0 Å². The van der Waals surface area contributed by atoms with Gasteiger partial charge in [-0.25, -0.2) is 0 Å². The van der Waals surface area contributed by atoms with Crippen LogP contribution in [0, 0.1) is 11.3 Å². The maximum absolute atomic E-state index is 8.78. The van der Waals surface area contributed by atoms with E-state index < -0.39 is 0 Å². The minimum atomic E-state index is 0.569. The Morgan fingerprint density at radius 1 is 1.43 bits per heavy atom. The van der Waals surface area contributed by atoms with Crippen molar-refractivity contribution in [3.05, 3.63) is 23.5 Å². The van der Waals surface area contributed by atoms with E-state index in [0.717, 1.165) is 18.5 Å². The van der Waals surface area contributed by atoms with Crippen LogP contribution in [0.4, 0.5) is 0 Å². The van der Waals surface area contributed by atoms with Crippen molar-refractivity contribution in [2.75, 3.05) is 7.11 Å². The fourth-order valence-electron chi connectivity index (χ4n) is 1.50. The topological polar surface area (TPSA) is 38.0 Å². The Bertz CT molecular complexity index is 323. The van der Waals surface area contributed by atoms with Gasteiger partial charge in [-0.05, 0) is 25.0 Å². The van der Waals surface area contributed by atoms with Crippen molar-refractivity contribution < 1.29 is 4.84 Å². The van der Waals surface area contributed by atoms with Gasteiger partial charge in [-0.15, -0.1) is 0 Å². The SMILES string of the molecule is CCCCCc1ccc(C#N)n1OC. The summed E-state index contributed by atoms with van der Waals surface area (Å²) in [6.45, 7) is 2.18. The first-order valence-corrected chi connectivity index (χ1v) is 4.98. The van der Waals surface area contributed by atoms with Crippen LogP contribution in [0.1, 0.15) is 37.6 Å². The lowest BCUT2D eigenvalue weighted by molar-refractivity contribution is 0.157. The average Bonchev–Trinajstić information content (AvgIpc) is 2.60. The van der Waals surface area contributed by atoms with Crippen molar-refractivity contribution in [3.63, 3.8) is 0 Å². The molecule has 0 saturated carbocycles. The summed E-state index contributed by atoms with van der Waals surface area (Å²) < 4.78 is 1.61. The molecule has 0 aliphatic carbocycles. The lowest BCUT2D eigenvalue weighted by Gasteiger charge is -2.07. The Balaban J connectivity index is 2.67. The van der Waals surface area contributed by atoms with E-state index in [2.05, 4.69) is 13.0 Å². The first-order valence-electron chi connectivity index (χ1n) is 4.98. The number of hydrogen-bond acceptors (Lipinski definition) is 2. The summed E-state index contributed by atoms with van der Waals surface area (Å²) >= 11 is 0. The summed E-state index contributed by atoms with van der Waals surface area (Å²) in [7, 11) is 1.59. The number of nitriles is 1. The zero-order valence-corrected chi connectivity index (χ0v) is 8.79. The summed E-state index contributed by atoms with van der Waals surface area (Å²) in [5, 5.41) is 8.78. The largest absolute Gasteiger partial charge is 0.416 e. The zero-order valence-electron chi connectivity index (χ0n) is 8.79. The third-order valence-electron chi connectivity index (χ3n) is 2.25. The van der Waals surface area contributed by atoms with Gasteiger partial charge in [0.2, 0.25) is 0 Å². The third kappa shape index (κ3) is 2.29. The molecule has 0 atom stereocenters. The Hall–Kier alpha value is -1.43. The fourth-order valence-corrected chi connectivity index (χ4v) is 1.50. The molecule has 14 heavy (non-hydrogen) atoms. The predicted molar refractivity (Wildman–Crippen MR) is 54.9 cm³/mol. The van der Waals surface area contributed by atoms with Crippen LogP contribution in [-0.4, -0.2) is 11.8 Å². The monoisotopic (exact) mass is 192 g/mol. The molecule has 0 fully saturated rings. The Kier molecular flexibility index (Phi) is 4.06. The molecule has 3 nitrogen and oxygen atoms in total. The molecule has 1 heterocycles. The molecule has 1 rings (SSSR count). The highest BCUT2D eigenvalue weighted by molar-refractivity contribution is 5.25. The van der Waals surface area contributed by atoms with Gasteiger partial charge in [0.1, 0.15) is 13.2 Å². The first kappa shape index (κ1) is 10.6. The second-order valence-electron chi connectivity index (χ2n) is 3.26. The summed E-state index contributed by atoms with van der Waals surface area (Å²) in [5.74, 6) is 0. The van der Waals surface area contributed by atoms with Crippen LogP contribution in [0.15, 0.2) is 12.1 Å². The highest BCUT2D eigenvalue weighted by Crippen LogP contribution is 2.10. The molecule has 0 unspecified atom stereocenters. The third-order valence-corrected chi connectivity index (χ3v) is 2.25. The van der Waals surface area contributed by atoms with E-state index >= 15 is 0 Å². The van der Waals surface area contributed by atoms with Gasteiger partial charge in [0.05, 0.1) is 5.69 Å². The number of unbranched alkanes of at least 4 members (excludes halogenated alkanes) is 2. The quantitative estimate of drug-likeness (QED) is 0.670. The summed E-state index contributed by atoms with van der Waals surface area (Å²) in [4.78, 5) is 5.13. The minimum Gasteiger partial charge on any atom is -0.416 e. The molecule has 0 aliphatic rings. The molecular weight excluding hydrogens is 176 g/mol. The minimum absolute atomic E-state index is 0.569. The fraction of sp³-hybridized carbons (Fsp3) is 0.545. The molecule has 0 bridgehead atoms. The van der Waals surface area contributed by atoms with E-state index in [4.69, 9.17) is 10.1 Å². The first-order chi connectivity index (χ1) is 6.83. The highest BCUT2D eigenvalue weighted by atomic mass is 16.6. The van der Waals surface area contributed by atoms with Crippen LogP contribution in [0.5, 0.6) is 0 Å². The molecule has 3 heteroatoms. The number of aromatic nitrogens is 1. The van der Waals surface area contributed by atoms with Gasteiger partial charge >= 0.3 is 0 Å². The van der Waals surface area contributed by atoms with Crippen LogP contribution >= 0.6 is 0 Å². The van der Waals surface area contributed by atoms with Crippen LogP contribution in [0.2, 0.25) is 0 Å². The number of aryl methyl sites for hydroxylation is 1. The normalized spacial score (nSPS) is 9.79. The Morgan fingerprint density at radius 3 is 2.79 bits per heavy atom. The molecule has 0 radical (unpaired) electrons. The number of rotatable bonds is 5. The van der Waals surface area contributed by atoms with E-state index in [0.29, 0.717) is 5.69 Å². The summed E-state index contributed by atoms with van der Waals surface area (Å²) in [5.41, 5.74) is 1.65.